The number of imidazole rings is 1. The Kier molecular flexibility index (Phi) is 6.11. The molecule has 5 heterocycles. The summed E-state index contributed by atoms with van der Waals surface area (Å²) >= 11 is 0. The van der Waals surface area contributed by atoms with Crippen molar-refractivity contribution in [3.8, 4) is 11.3 Å². The van der Waals surface area contributed by atoms with Gasteiger partial charge in [0.25, 0.3) is 0 Å². The van der Waals surface area contributed by atoms with Crippen LogP contribution >= 0.6 is 0 Å². The summed E-state index contributed by atoms with van der Waals surface area (Å²) < 4.78 is 7.85. The molecule has 2 aromatic carbocycles. The van der Waals surface area contributed by atoms with Gasteiger partial charge in [0.05, 0.1) is 47.3 Å². The standard InChI is InChI=1S/C31H28N6O2/c38-31-35-28-18-33-27-11-10-26(23-16-22-8-4-5-9-25(22)32-17-23)34-29(27)30(28)37(31)24-12-14-36(15-13-24)20-39-19-21-6-2-1-3-7-21/h1-11,16-18,24H,12-15,19-20H2,(H,35,38). The van der Waals surface area contributed by atoms with Crippen LogP contribution in [0.2, 0.25) is 0 Å². The van der Waals surface area contributed by atoms with Gasteiger partial charge in [0, 0.05) is 36.3 Å². The Hall–Kier alpha value is -4.40. The lowest BCUT2D eigenvalue weighted by molar-refractivity contribution is 0.00327. The highest BCUT2D eigenvalue weighted by molar-refractivity contribution is 6.00. The van der Waals surface area contributed by atoms with Crippen LogP contribution in [0.15, 0.2) is 90.0 Å². The van der Waals surface area contributed by atoms with E-state index in [1.54, 1.807) is 6.20 Å². The normalized spacial score (nSPS) is 15.0. The Morgan fingerprint density at radius 1 is 0.897 bits per heavy atom. The number of pyridine rings is 3. The number of benzene rings is 2. The van der Waals surface area contributed by atoms with E-state index in [-0.39, 0.29) is 11.7 Å². The highest BCUT2D eigenvalue weighted by atomic mass is 16.5. The molecule has 1 aliphatic heterocycles. The zero-order valence-electron chi connectivity index (χ0n) is 21.5. The lowest BCUT2D eigenvalue weighted by Gasteiger charge is -2.32. The van der Waals surface area contributed by atoms with E-state index in [9.17, 15) is 4.79 Å². The first kappa shape index (κ1) is 23.7. The maximum Gasteiger partial charge on any atom is 0.326 e. The lowest BCUT2D eigenvalue weighted by atomic mass is 10.0. The Labute approximate surface area is 224 Å². The molecule has 0 aliphatic carbocycles. The Bertz CT molecular complexity index is 1840. The molecule has 8 nitrogen and oxygen atoms in total. The van der Waals surface area contributed by atoms with Crippen molar-refractivity contribution in [1.29, 1.82) is 0 Å². The van der Waals surface area contributed by atoms with Crippen molar-refractivity contribution >= 4 is 33.0 Å². The van der Waals surface area contributed by atoms with Gasteiger partial charge in [-0.15, -0.1) is 0 Å². The van der Waals surface area contributed by atoms with Gasteiger partial charge in [-0.25, -0.2) is 9.78 Å². The minimum atomic E-state index is -0.113. The van der Waals surface area contributed by atoms with Crippen LogP contribution in [0.4, 0.5) is 0 Å². The first-order valence-corrected chi connectivity index (χ1v) is 13.3. The van der Waals surface area contributed by atoms with Crippen molar-refractivity contribution in [3.63, 3.8) is 0 Å². The van der Waals surface area contributed by atoms with Gasteiger partial charge >= 0.3 is 5.69 Å². The average Bonchev–Trinajstić information content (AvgIpc) is 3.34. The number of H-pyrrole nitrogens is 1. The van der Waals surface area contributed by atoms with Crippen molar-refractivity contribution in [2.24, 2.45) is 0 Å². The molecule has 194 valence electrons. The van der Waals surface area contributed by atoms with Crippen LogP contribution in [0, 0.1) is 0 Å². The van der Waals surface area contributed by atoms with E-state index < -0.39 is 0 Å². The van der Waals surface area contributed by atoms with Gasteiger partial charge in [0.2, 0.25) is 0 Å². The number of nitrogens with zero attached hydrogens (tertiary/aromatic N) is 5. The Morgan fingerprint density at radius 3 is 2.56 bits per heavy atom. The number of hydrogen-bond acceptors (Lipinski definition) is 6. The number of rotatable bonds is 6. The SMILES string of the molecule is O=c1[nH]c2cnc3ccc(-c4cnc5ccccc5c4)nc3c2n1C1CCN(COCc2ccccc2)CC1. The largest absolute Gasteiger partial charge is 0.361 e. The van der Waals surface area contributed by atoms with Crippen molar-refractivity contribution in [1.82, 2.24) is 29.4 Å². The van der Waals surface area contributed by atoms with Crippen LogP contribution in [-0.4, -0.2) is 49.2 Å². The molecule has 1 aliphatic rings. The smallest absolute Gasteiger partial charge is 0.326 e. The second kappa shape index (κ2) is 10.1. The third-order valence-electron chi connectivity index (χ3n) is 7.58. The maximum absolute atomic E-state index is 13.2. The minimum Gasteiger partial charge on any atom is -0.361 e. The summed E-state index contributed by atoms with van der Waals surface area (Å²) in [7, 11) is 0. The van der Waals surface area contributed by atoms with E-state index in [1.165, 1.54) is 5.56 Å². The van der Waals surface area contributed by atoms with Crippen molar-refractivity contribution < 1.29 is 4.74 Å². The Morgan fingerprint density at radius 2 is 1.69 bits per heavy atom. The fourth-order valence-electron chi connectivity index (χ4n) is 5.56. The summed E-state index contributed by atoms with van der Waals surface area (Å²) in [5, 5.41) is 1.06. The van der Waals surface area contributed by atoms with Gasteiger partial charge in [0.1, 0.15) is 5.52 Å². The predicted octanol–water partition coefficient (Wildman–Crippen LogP) is 5.30. The van der Waals surface area contributed by atoms with Crippen molar-refractivity contribution in [3.05, 3.63) is 101 Å². The van der Waals surface area contributed by atoms with Gasteiger partial charge in [-0.1, -0.05) is 48.5 Å². The van der Waals surface area contributed by atoms with E-state index in [1.807, 2.05) is 59.3 Å². The summed E-state index contributed by atoms with van der Waals surface area (Å²) in [6.07, 6.45) is 5.31. The van der Waals surface area contributed by atoms with Crippen LogP contribution < -0.4 is 5.69 Å². The molecular formula is C31H28N6O2. The van der Waals surface area contributed by atoms with Crippen LogP contribution in [-0.2, 0) is 11.3 Å². The summed E-state index contributed by atoms with van der Waals surface area (Å²) in [6.45, 7) is 2.91. The molecule has 0 unspecified atom stereocenters. The summed E-state index contributed by atoms with van der Waals surface area (Å²) in [4.78, 5) is 32.7. The monoisotopic (exact) mass is 516 g/mol. The molecule has 0 spiro atoms. The van der Waals surface area contributed by atoms with Crippen molar-refractivity contribution in [2.45, 2.75) is 25.5 Å². The molecular weight excluding hydrogens is 488 g/mol. The highest BCUT2D eigenvalue weighted by Gasteiger charge is 2.25. The molecule has 0 atom stereocenters. The van der Waals surface area contributed by atoms with Crippen LogP contribution in [0.5, 0.6) is 0 Å². The number of hydrogen-bond donors (Lipinski definition) is 1. The molecule has 6 aromatic rings. The molecule has 0 bridgehead atoms. The lowest BCUT2D eigenvalue weighted by Crippen LogP contribution is -2.38. The average molecular weight is 517 g/mol. The third-order valence-corrected chi connectivity index (χ3v) is 7.58. The second-order valence-electron chi connectivity index (χ2n) is 10.1. The number of para-hydroxylation sites is 1. The van der Waals surface area contributed by atoms with Gasteiger partial charge in [-0.05, 0) is 42.7 Å². The van der Waals surface area contributed by atoms with E-state index in [0.717, 1.165) is 64.6 Å². The van der Waals surface area contributed by atoms with Gasteiger partial charge < -0.3 is 9.72 Å². The third kappa shape index (κ3) is 4.58. The molecule has 39 heavy (non-hydrogen) atoms. The van der Waals surface area contributed by atoms with Crippen LogP contribution in [0.1, 0.15) is 24.4 Å². The van der Waals surface area contributed by atoms with Gasteiger partial charge in [-0.3, -0.25) is 19.4 Å². The number of piperidine rings is 1. The molecule has 0 radical (unpaired) electrons. The number of likely N-dealkylation sites (tertiary alicyclic amines) is 1. The van der Waals surface area contributed by atoms with Gasteiger partial charge in [-0.2, -0.15) is 0 Å². The first-order valence-electron chi connectivity index (χ1n) is 13.3. The molecule has 0 saturated carbocycles. The number of ether oxygens (including phenoxy) is 1. The fraction of sp³-hybridized carbons (Fsp3) is 0.226. The van der Waals surface area contributed by atoms with Crippen molar-refractivity contribution in [2.75, 3.05) is 19.8 Å². The topological polar surface area (TPSA) is 88.9 Å². The van der Waals surface area contributed by atoms with E-state index in [2.05, 4.69) is 44.1 Å². The van der Waals surface area contributed by atoms with E-state index in [4.69, 9.17) is 9.72 Å². The summed E-state index contributed by atoms with van der Waals surface area (Å²) in [5.41, 5.74) is 6.76. The van der Waals surface area contributed by atoms with Crippen LogP contribution in [0.3, 0.4) is 0 Å². The van der Waals surface area contributed by atoms with Gasteiger partial charge in [0.15, 0.2) is 0 Å². The van der Waals surface area contributed by atoms with Crippen LogP contribution in [0.25, 0.3) is 44.2 Å². The molecule has 1 saturated heterocycles. The number of aromatic amines is 1. The number of nitrogens with one attached hydrogen (secondary N) is 1. The molecule has 1 N–H and O–H groups in total. The quantitative estimate of drug-likeness (QED) is 0.323. The maximum atomic E-state index is 13.2. The molecule has 1 fully saturated rings. The van der Waals surface area contributed by atoms with E-state index >= 15 is 0 Å². The number of aromatic nitrogens is 5. The zero-order chi connectivity index (χ0) is 26.2. The highest BCUT2D eigenvalue weighted by Crippen LogP contribution is 2.30. The fourth-order valence-corrected chi connectivity index (χ4v) is 5.56. The summed E-state index contributed by atoms with van der Waals surface area (Å²) in [6, 6.07) is 24.4. The number of fused-ring (bicyclic) bond motifs is 4. The second-order valence-corrected chi connectivity index (χ2v) is 10.1. The minimum absolute atomic E-state index is 0.0787. The first-order chi connectivity index (χ1) is 19.2. The molecule has 7 rings (SSSR count). The molecule has 4 aromatic heterocycles. The van der Waals surface area contributed by atoms with E-state index in [0.29, 0.717) is 18.9 Å². The molecule has 8 heteroatoms. The zero-order valence-corrected chi connectivity index (χ0v) is 21.5. The molecule has 0 amide bonds. The summed E-state index contributed by atoms with van der Waals surface area (Å²) in [5.74, 6) is 0. The predicted molar refractivity (Wildman–Crippen MR) is 152 cm³/mol. The Balaban J connectivity index is 1.16.